The fraction of sp³-hybridized carbons (Fsp3) is 0.429. The lowest BCUT2D eigenvalue weighted by Gasteiger charge is -2.38. The van der Waals surface area contributed by atoms with Crippen molar-refractivity contribution in [3.63, 3.8) is 0 Å². The van der Waals surface area contributed by atoms with Crippen molar-refractivity contribution in [1.82, 2.24) is 9.88 Å². The van der Waals surface area contributed by atoms with Crippen molar-refractivity contribution < 1.29 is 18.0 Å². The zero-order valence-corrected chi connectivity index (χ0v) is 16.5. The zero-order valence-electron chi connectivity index (χ0n) is 16.5. The number of rotatable bonds is 5. The smallest absolute Gasteiger partial charge is 0.354 e. The molecule has 1 aliphatic heterocycles. The fourth-order valence-electron chi connectivity index (χ4n) is 3.32. The molecule has 1 aliphatic rings. The highest BCUT2D eigenvalue weighted by molar-refractivity contribution is 5.94. The predicted molar refractivity (Wildman–Crippen MR) is 107 cm³/mol. The van der Waals surface area contributed by atoms with Crippen LogP contribution in [0.2, 0.25) is 0 Å². The van der Waals surface area contributed by atoms with Gasteiger partial charge in [0.1, 0.15) is 5.82 Å². The summed E-state index contributed by atoms with van der Waals surface area (Å²) < 4.78 is 38.0. The minimum absolute atomic E-state index is 0.0737. The molecule has 156 valence electrons. The van der Waals surface area contributed by atoms with Gasteiger partial charge in [0.15, 0.2) is 0 Å². The van der Waals surface area contributed by atoms with Gasteiger partial charge in [-0.2, -0.15) is 13.2 Å². The number of hydrogen-bond donors (Lipinski definition) is 1. The number of pyridine rings is 1. The fourth-order valence-corrected chi connectivity index (χ4v) is 3.32. The molecule has 0 saturated carbocycles. The quantitative estimate of drug-likeness (QED) is 0.820. The number of hydrogen-bond acceptors (Lipinski definition) is 4. The first-order valence-electron chi connectivity index (χ1n) is 9.70. The summed E-state index contributed by atoms with van der Waals surface area (Å²) in [6, 6.07) is 9.94. The van der Waals surface area contributed by atoms with Crippen LogP contribution in [0.3, 0.4) is 0 Å². The molecule has 1 aromatic carbocycles. The number of carbonyl (C=O) groups excluding carboxylic acids is 1. The van der Waals surface area contributed by atoms with Gasteiger partial charge in [0.2, 0.25) is 5.91 Å². The summed E-state index contributed by atoms with van der Waals surface area (Å²) >= 11 is 0. The summed E-state index contributed by atoms with van der Waals surface area (Å²) in [5, 5.41) is 2.94. The van der Waals surface area contributed by atoms with Crippen molar-refractivity contribution >= 4 is 17.4 Å². The van der Waals surface area contributed by atoms with Crippen molar-refractivity contribution in [1.29, 1.82) is 0 Å². The van der Waals surface area contributed by atoms with Crippen molar-refractivity contribution in [2.45, 2.75) is 32.5 Å². The van der Waals surface area contributed by atoms with E-state index in [0.717, 1.165) is 24.4 Å². The summed E-state index contributed by atoms with van der Waals surface area (Å²) in [6.07, 6.45) is -2.58. The van der Waals surface area contributed by atoms with Crippen molar-refractivity contribution in [2.75, 3.05) is 36.4 Å². The Morgan fingerprint density at radius 1 is 1.10 bits per heavy atom. The lowest BCUT2D eigenvalue weighted by Crippen LogP contribution is -2.53. The largest absolute Gasteiger partial charge is 0.417 e. The van der Waals surface area contributed by atoms with Crippen LogP contribution >= 0.6 is 0 Å². The molecule has 5 nitrogen and oxygen atoms in total. The molecule has 0 unspecified atom stereocenters. The van der Waals surface area contributed by atoms with E-state index in [0.29, 0.717) is 32.0 Å². The summed E-state index contributed by atoms with van der Waals surface area (Å²) in [6.45, 7) is 6.40. The van der Waals surface area contributed by atoms with E-state index in [4.69, 9.17) is 0 Å². The van der Waals surface area contributed by atoms with Crippen LogP contribution in [0.15, 0.2) is 42.6 Å². The first-order chi connectivity index (χ1) is 13.8. The zero-order chi connectivity index (χ0) is 21.0. The minimum atomic E-state index is -4.39. The topological polar surface area (TPSA) is 48.5 Å². The van der Waals surface area contributed by atoms with E-state index in [1.165, 1.54) is 11.6 Å². The van der Waals surface area contributed by atoms with E-state index in [1.54, 1.807) is 0 Å². The highest BCUT2D eigenvalue weighted by atomic mass is 19.4. The maximum atomic E-state index is 12.7. The van der Waals surface area contributed by atoms with Gasteiger partial charge >= 0.3 is 6.18 Å². The Morgan fingerprint density at radius 3 is 2.28 bits per heavy atom. The number of amides is 1. The second kappa shape index (κ2) is 8.82. The molecule has 1 aromatic heterocycles. The highest BCUT2D eigenvalue weighted by Gasteiger charge is 2.31. The maximum absolute atomic E-state index is 12.7. The second-order valence-corrected chi connectivity index (χ2v) is 7.14. The van der Waals surface area contributed by atoms with Crippen LogP contribution in [-0.4, -0.2) is 48.0 Å². The number of nitrogens with zero attached hydrogens (tertiary/aromatic N) is 3. The number of halogens is 3. The third-order valence-corrected chi connectivity index (χ3v) is 5.27. The number of benzene rings is 1. The van der Waals surface area contributed by atoms with Crippen LogP contribution in [0.4, 0.5) is 24.7 Å². The molecule has 0 spiro atoms. The molecule has 0 radical (unpaired) electrons. The van der Waals surface area contributed by atoms with Gasteiger partial charge in [0, 0.05) is 38.1 Å². The molecule has 29 heavy (non-hydrogen) atoms. The maximum Gasteiger partial charge on any atom is 0.417 e. The molecule has 3 rings (SSSR count). The first-order valence-corrected chi connectivity index (χ1v) is 9.70. The highest BCUT2D eigenvalue weighted by Crippen LogP contribution is 2.29. The van der Waals surface area contributed by atoms with Gasteiger partial charge in [0.05, 0.1) is 11.6 Å². The number of alkyl halides is 3. The SMILES string of the molecule is CCc1ccc(NC(=O)[C@@H](C)N2CCN(c3ccc(C(F)(F)F)cn3)CC2)cc1. The molecule has 1 atom stereocenters. The molecule has 2 aromatic rings. The van der Waals surface area contributed by atoms with E-state index in [9.17, 15) is 18.0 Å². The number of aryl methyl sites for hydroxylation is 1. The van der Waals surface area contributed by atoms with Crippen molar-refractivity contribution in [2.24, 2.45) is 0 Å². The number of carbonyl (C=O) groups is 1. The van der Waals surface area contributed by atoms with Gasteiger partial charge < -0.3 is 10.2 Å². The summed E-state index contributed by atoms with van der Waals surface area (Å²) in [5.41, 5.74) is 1.23. The van der Waals surface area contributed by atoms with Gasteiger partial charge in [-0.05, 0) is 43.2 Å². The molecule has 1 fully saturated rings. The molecule has 1 N–H and O–H groups in total. The first kappa shape index (κ1) is 21.1. The molecular weight excluding hydrogens is 381 g/mol. The Balaban J connectivity index is 1.53. The number of piperazine rings is 1. The van der Waals surface area contributed by atoms with Crippen LogP contribution in [-0.2, 0) is 17.4 Å². The lowest BCUT2D eigenvalue weighted by molar-refractivity contribution is -0.137. The van der Waals surface area contributed by atoms with Crippen LogP contribution in [0.25, 0.3) is 0 Å². The molecule has 8 heteroatoms. The predicted octanol–water partition coefficient (Wildman–Crippen LogP) is 3.81. The standard InChI is InChI=1S/C21H25F3N4O/c1-3-16-4-7-18(8-5-16)26-20(29)15(2)27-10-12-28(13-11-27)19-9-6-17(14-25-19)21(22,23)24/h4-9,14-15H,3,10-13H2,1-2H3,(H,26,29)/t15-/m1/s1. The molecule has 1 saturated heterocycles. The van der Waals surface area contributed by atoms with Gasteiger partial charge in [-0.1, -0.05) is 19.1 Å². The Labute approximate surface area is 168 Å². The summed E-state index contributed by atoms with van der Waals surface area (Å²) in [4.78, 5) is 20.5. The lowest BCUT2D eigenvalue weighted by atomic mass is 10.1. The minimum Gasteiger partial charge on any atom is -0.354 e. The molecular formula is C21H25F3N4O. The van der Waals surface area contributed by atoms with Gasteiger partial charge in [-0.3, -0.25) is 9.69 Å². The van der Waals surface area contributed by atoms with Crippen LogP contribution in [0.1, 0.15) is 25.0 Å². The molecule has 0 aliphatic carbocycles. The van der Waals surface area contributed by atoms with Gasteiger partial charge in [-0.15, -0.1) is 0 Å². The monoisotopic (exact) mass is 406 g/mol. The number of nitrogens with one attached hydrogen (secondary N) is 1. The van der Waals surface area contributed by atoms with E-state index >= 15 is 0 Å². The molecule has 1 amide bonds. The third kappa shape index (κ3) is 5.26. The number of anilines is 2. The van der Waals surface area contributed by atoms with Gasteiger partial charge in [-0.25, -0.2) is 4.98 Å². The van der Waals surface area contributed by atoms with Crippen molar-refractivity contribution in [3.05, 3.63) is 53.7 Å². The molecule has 2 heterocycles. The van der Waals surface area contributed by atoms with E-state index in [2.05, 4.69) is 22.1 Å². The van der Waals surface area contributed by atoms with Gasteiger partial charge in [0.25, 0.3) is 0 Å². The second-order valence-electron chi connectivity index (χ2n) is 7.14. The Hall–Kier alpha value is -2.61. The normalized spacial score (nSPS) is 16.5. The average Bonchev–Trinajstić information content (AvgIpc) is 2.73. The summed E-state index contributed by atoms with van der Waals surface area (Å²) in [7, 11) is 0. The van der Waals surface area contributed by atoms with E-state index in [1.807, 2.05) is 36.1 Å². The van der Waals surface area contributed by atoms with Crippen molar-refractivity contribution in [3.8, 4) is 0 Å². The Bertz CT molecular complexity index is 813. The summed E-state index contributed by atoms with van der Waals surface area (Å²) in [5.74, 6) is 0.445. The third-order valence-electron chi connectivity index (χ3n) is 5.27. The Morgan fingerprint density at radius 2 is 1.76 bits per heavy atom. The van der Waals surface area contributed by atoms with E-state index < -0.39 is 11.7 Å². The Kier molecular flexibility index (Phi) is 6.42. The number of aromatic nitrogens is 1. The van der Waals surface area contributed by atoms with Crippen LogP contribution in [0.5, 0.6) is 0 Å². The van der Waals surface area contributed by atoms with Crippen LogP contribution in [0, 0.1) is 0 Å². The van der Waals surface area contributed by atoms with E-state index in [-0.39, 0.29) is 11.9 Å². The average molecular weight is 406 g/mol. The van der Waals surface area contributed by atoms with Crippen LogP contribution < -0.4 is 10.2 Å². The molecule has 0 bridgehead atoms.